The molecule has 0 aromatic carbocycles. The van der Waals surface area contributed by atoms with Gasteiger partial charge in [0.1, 0.15) is 13.2 Å². The van der Waals surface area contributed by atoms with Crippen LogP contribution in [0.1, 0.15) is 0 Å². The lowest BCUT2D eigenvalue weighted by molar-refractivity contribution is -0.116. The fraction of sp³-hybridized carbons (Fsp3) is 0.333. The smallest absolute Gasteiger partial charge is 0.410 e. The minimum atomic E-state index is -0.468. The Kier molecular flexibility index (Phi) is 2.95. The average molecular weight is 222 g/mol. The Balaban J connectivity index is 1.87. The van der Waals surface area contributed by atoms with Crippen molar-refractivity contribution >= 4 is 17.9 Å². The van der Waals surface area contributed by atoms with Crippen molar-refractivity contribution in [1.29, 1.82) is 0 Å². The lowest BCUT2D eigenvalue weighted by Gasteiger charge is -2.11. The van der Waals surface area contributed by atoms with Crippen molar-refractivity contribution in [2.45, 2.75) is 0 Å². The van der Waals surface area contributed by atoms with Gasteiger partial charge in [-0.15, -0.1) is 0 Å². The van der Waals surface area contributed by atoms with E-state index in [2.05, 4.69) is 15.3 Å². The Morgan fingerprint density at radius 3 is 2.88 bits per heavy atom. The van der Waals surface area contributed by atoms with Crippen molar-refractivity contribution in [2.24, 2.45) is 0 Å². The van der Waals surface area contributed by atoms with Gasteiger partial charge in [0.05, 0.1) is 6.54 Å². The highest BCUT2D eigenvalue weighted by Gasteiger charge is 2.24. The molecule has 2 heterocycles. The van der Waals surface area contributed by atoms with E-state index in [1.54, 1.807) is 6.07 Å². The van der Waals surface area contributed by atoms with Crippen LogP contribution in [0.15, 0.2) is 18.5 Å². The Morgan fingerprint density at radius 1 is 1.50 bits per heavy atom. The first-order valence-corrected chi connectivity index (χ1v) is 4.74. The fourth-order valence-corrected chi connectivity index (χ4v) is 1.27. The Hall–Kier alpha value is -2.18. The molecule has 0 bridgehead atoms. The van der Waals surface area contributed by atoms with E-state index in [4.69, 9.17) is 4.74 Å². The quantitative estimate of drug-likeness (QED) is 0.769. The zero-order valence-electron chi connectivity index (χ0n) is 8.42. The standard InChI is InChI=1S/C9H10N4O3/c14-7(6-13-4-5-16-9(13)15)12-8-10-2-1-3-11-8/h1-3H,4-6H2,(H,10,11,12,14). The number of hydrogen-bond acceptors (Lipinski definition) is 5. The van der Waals surface area contributed by atoms with Crippen molar-refractivity contribution < 1.29 is 14.3 Å². The summed E-state index contributed by atoms with van der Waals surface area (Å²) in [4.78, 5) is 31.5. The van der Waals surface area contributed by atoms with Crippen LogP contribution < -0.4 is 5.32 Å². The zero-order chi connectivity index (χ0) is 11.4. The highest BCUT2D eigenvalue weighted by atomic mass is 16.6. The molecule has 0 saturated carbocycles. The molecule has 16 heavy (non-hydrogen) atoms. The van der Waals surface area contributed by atoms with Gasteiger partial charge in [-0.25, -0.2) is 14.8 Å². The summed E-state index contributed by atoms with van der Waals surface area (Å²) in [6.45, 7) is 0.715. The first kappa shape index (κ1) is 10.3. The van der Waals surface area contributed by atoms with Gasteiger partial charge in [-0.1, -0.05) is 0 Å². The number of rotatable bonds is 3. The minimum absolute atomic E-state index is 0.0446. The maximum atomic E-state index is 11.5. The second-order valence-electron chi connectivity index (χ2n) is 3.16. The molecule has 1 fully saturated rings. The topological polar surface area (TPSA) is 84.4 Å². The molecule has 1 saturated heterocycles. The number of aromatic nitrogens is 2. The summed E-state index contributed by atoms with van der Waals surface area (Å²) in [6, 6.07) is 1.65. The first-order valence-electron chi connectivity index (χ1n) is 4.74. The third-order valence-corrected chi connectivity index (χ3v) is 2.00. The van der Waals surface area contributed by atoms with Crippen LogP contribution >= 0.6 is 0 Å². The number of carbonyl (C=O) groups is 2. The molecule has 0 atom stereocenters. The number of cyclic esters (lactones) is 1. The van der Waals surface area contributed by atoms with Crippen LogP contribution in [0.25, 0.3) is 0 Å². The lowest BCUT2D eigenvalue weighted by atomic mass is 10.5. The summed E-state index contributed by atoms with van der Waals surface area (Å²) in [5, 5.41) is 2.48. The minimum Gasteiger partial charge on any atom is -0.448 e. The molecule has 0 unspecified atom stereocenters. The normalized spacial score (nSPS) is 14.8. The van der Waals surface area contributed by atoms with Crippen LogP contribution in [-0.2, 0) is 9.53 Å². The van der Waals surface area contributed by atoms with Crippen molar-refractivity contribution in [3.63, 3.8) is 0 Å². The number of anilines is 1. The lowest BCUT2D eigenvalue weighted by Crippen LogP contribution is -2.34. The summed E-state index contributed by atoms with van der Waals surface area (Å²) in [7, 11) is 0. The maximum absolute atomic E-state index is 11.5. The Bertz CT molecular complexity index is 395. The fourth-order valence-electron chi connectivity index (χ4n) is 1.27. The van der Waals surface area contributed by atoms with E-state index >= 15 is 0 Å². The molecule has 1 aromatic rings. The second-order valence-corrected chi connectivity index (χ2v) is 3.16. The molecule has 7 heteroatoms. The molecule has 2 rings (SSSR count). The van der Waals surface area contributed by atoms with Gasteiger partial charge >= 0.3 is 6.09 Å². The van der Waals surface area contributed by atoms with Gasteiger partial charge in [0.15, 0.2) is 0 Å². The number of carbonyl (C=O) groups excluding carboxylic acids is 2. The Labute approximate surface area is 91.4 Å². The van der Waals surface area contributed by atoms with E-state index in [1.165, 1.54) is 17.3 Å². The summed E-state index contributed by atoms with van der Waals surface area (Å²) >= 11 is 0. The second kappa shape index (κ2) is 4.56. The zero-order valence-corrected chi connectivity index (χ0v) is 8.42. The molecule has 1 aliphatic rings. The van der Waals surface area contributed by atoms with Gasteiger partial charge in [0.2, 0.25) is 11.9 Å². The monoisotopic (exact) mass is 222 g/mol. The largest absolute Gasteiger partial charge is 0.448 e. The van der Waals surface area contributed by atoms with Crippen molar-refractivity contribution in [3.8, 4) is 0 Å². The van der Waals surface area contributed by atoms with Crippen LogP contribution in [0.5, 0.6) is 0 Å². The van der Waals surface area contributed by atoms with Crippen LogP contribution in [0, 0.1) is 0 Å². The molecular weight excluding hydrogens is 212 g/mol. The van der Waals surface area contributed by atoms with Crippen LogP contribution in [0.4, 0.5) is 10.7 Å². The molecular formula is C9H10N4O3. The van der Waals surface area contributed by atoms with Crippen molar-refractivity contribution in [3.05, 3.63) is 18.5 Å². The average Bonchev–Trinajstić information content (AvgIpc) is 2.66. The molecule has 1 aromatic heterocycles. The highest BCUT2D eigenvalue weighted by molar-refractivity contribution is 5.92. The van der Waals surface area contributed by atoms with E-state index in [1.807, 2.05) is 0 Å². The molecule has 2 amide bonds. The predicted octanol–water partition coefficient (Wildman–Crippen LogP) is -0.133. The third-order valence-electron chi connectivity index (χ3n) is 2.00. The number of hydrogen-bond donors (Lipinski definition) is 1. The number of ether oxygens (including phenoxy) is 1. The number of nitrogens with one attached hydrogen (secondary N) is 1. The van der Waals surface area contributed by atoms with Gasteiger partial charge in [0.25, 0.3) is 0 Å². The molecule has 0 radical (unpaired) electrons. The van der Waals surface area contributed by atoms with Crippen LogP contribution in [0.2, 0.25) is 0 Å². The molecule has 84 valence electrons. The van der Waals surface area contributed by atoms with E-state index in [0.29, 0.717) is 13.2 Å². The highest BCUT2D eigenvalue weighted by Crippen LogP contribution is 2.03. The van der Waals surface area contributed by atoms with E-state index in [0.717, 1.165) is 0 Å². The van der Waals surface area contributed by atoms with Crippen molar-refractivity contribution in [2.75, 3.05) is 25.0 Å². The van der Waals surface area contributed by atoms with E-state index in [-0.39, 0.29) is 18.4 Å². The molecule has 1 N–H and O–H groups in total. The first-order chi connectivity index (χ1) is 7.75. The van der Waals surface area contributed by atoms with E-state index < -0.39 is 6.09 Å². The van der Waals surface area contributed by atoms with E-state index in [9.17, 15) is 9.59 Å². The van der Waals surface area contributed by atoms with Gasteiger partial charge < -0.3 is 4.74 Å². The Morgan fingerprint density at radius 2 is 2.25 bits per heavy atom. The maximum Gasteiger partial charge on any atom is 0.410 e. The summed E-state index contributed by atoms with van der Waals surface area (Å²) in [5.74, 6) is -0.120. The molecule has 1 aliphatic heterocycles. The summed E-state index contributed by atoms with van der Waals surface area (Å²) in [5.41, 5.74) is 0. The van der Waals surface area contributed by atoms with Gasteiger partial charge in [-0.05, 0) is 6.07 Å². The SMILES string of the molecule is O=C(CN1CCOC1=O)Nc1ncccn1. The third kappa shape index (κ3) is 2.44. The molecule has 0 spiro atoms. The van der Waals surface area contributed by atoms with Gasteiger partial charge in [-0.2, -0.15) is 0 Å². The summed E-state index contributed by atoms with van der Waals surface area (Å²) in [6.07, 6.45) is 2.57. The van der Waals surface area contributed by atoms with Crippen molar-refractivity contribution in [1.82, 2.24) is 14.9 Å². The van der Waals surface area contributed by atoms with Gasteiger partial charge in [-0.3, -0.25) is 15.0 Å². The van der Waals surface area contributed by atoms with Gasteiger partial charge in [0, 0.05) is 12.4 Å². The molecule has 7 nitrogen and oxygen atoms in total. The van der Waals surface area contributed by atoms with Crippen LogP contribution in [-0.4, -0.2) is 46.6 Å². The molecule has 0 aliphatic carbocycles. The predicted molar refractivity (Wildman–Crippen MR) is 53.6 cm³/mol. The van der Waals surface area contributed by atoms with Crippen LogP contribution in [0.3, 0.4) is 0 Å². The number of amides is 2. The summed E-state index contributed by atoms with van der Waals surface area (Å²) < 4.78 is 4.69. The number of nitrogens with zero attached hydrogens (tertiary/aromatic N) is 3.